The lowest BCUT2D eigenvalue weighted by Gasteiger charge is -2.18. The van der Waals surface area contributed by atoms with Crippen LogP contribution in [0.4, 0.5) is 0 Å². The summed E-state index contributed by atoms with van der Waals surface area (Å²) >= 11 is 0. The van der Waals surface area contributed by atoms with E-state index >= 15 is 0 Å². The number of hydrogen-bond acceptors (Lipinski definition) is 5. The van der Waals surface area contributed by atoms with Gasteiger partial charge in [-0.3, -0.25) is 28.8 Å². The van der Waals surface area contributed by atoms with Crippen molar-refractivity contribution in [1.82, 2.24) is 9.47 Å². The van der Waals surface area contributed by atoms with Gasteiger partial charge in [-0.15, -0.1) is 0 Å². The maximum absolute atomic E-state index is 13.4. The number of hydrogen-bond donors (Lipinski definition) is 0. The predicted octanol–water partition coefficient (Wildman–Crippen LogP) is 3.35. The Morgan fingerprint density at radius 2 is 1.81 bits per heavy atom. The largest absolute Gasteiger partial charge is 0.385 e. The highest BCUT2D eigenvalue weighted by Gasteiger charge is 2.35. The maximum Gasteiger partial charge on any atom is 0.263 e. The third kappa shape index (κ3) is 4.43. The zero-order chi connectivity index (χ0) is 22.7. The number of aryl methyl sites for hydroxylation is 1. The van der Waals surface area contributed by atoms with Crippen LogP contribution in [0.3, 0.4) is 0 Å². The summed E-state index contributed by atoms with van der Waals surface area (Å²) in [6.07, 6.45) is 7.94. The van der Waals surface area contributed by atoms with Crippen LogP contribution < -0.4 is 5.49 Å². The molecule has 2 amide bonds. The molecule has 0 atom stereocenters. The van der Waals surface area contributed by atoms with Gasteiger partial charge in [0.2, 0.25) is 0 Å². The zero-order valence-corrected chi connectivity index (χ0v) is 18.7. The van der Waals surface area contributed by atoms with Gasteiger partial charge < -0.3 is 4.74 Å². The van der Waals surface area contributed by atoms with Gasteiger partial charge in [0, 0.05) is 32.0 Å². The predicted molar refractivity (Wildman–Crippen MR) is 120 cm³/mol. The fourth-order valence-electron chi connectivity index (χ4n) is 4.39. The number of rotatable bonds is 6. The summed E-state index contributed by atoms with van der Waals surface area (Å²) in [7, 11) is 1.58. The van der Waals surface area contributed by atoms with Gasteiger partial charge in [0.25, 0.3) is 17.7 Å². The van der Waals surface area contributed by atoms with E-state index in [0.29, 0.717) is 36.2 Å². The molecule has 1 saturated carbocycles. The van der Waals surface area contributed by atoms with E-state index in [-0.39, 0.29) is 29.3 Å². The van der Waals surface area contributed by atoms with Gasteiger partial charge in [-0.25, -0.2) is 0 Å². The molecule has 1 aliphatic carbocycles. The third-order valence-corrected chi connectivity index (χ3v) is 6.15. The number of methoxy groups -OCH3 is 1. The molecule has 0 saturated heterocycles. The second-order valence-corrected chi connectivity index (χ2v) is 8.53. The molecule has 0 unspecified atom stereocenters. The summed E-state index contributed by atoms with van der Waals surface area (Å²) in [6.45, 7) is 2.74. The first kappa shape index (κ1) is 22.1. The number of carbonyl (C=O) groups excluding carboxylic acids is 3. The van der Waals surface area contributed by atoms with Crippen LogP contribution >= 0.6 is 0 Å². The van der Waals surface area contributed by atoms with E-state index < -0.39 is 0 Å². The Labute approximate surface area is 187 Å². The average Bonchev–Trinajstić information content (AvgIpc) is 3.04. The van der Waals surface area contributed by atoms with Crippen molar-refractivity contribution in [2.75, 3.05) is 20.3 Å². The van der Waals surface area contributed by atoms with Gasteiger partial charge in [0.05, 0.1) is 17.2 Å². The molecule has 168 valence electrons. The van der Waals surface area contributed by atoms with Crippen LogP contribution in [0.5, 0.6) is 0 Å². The van der Waals surface area contributed by atoms with E-state index in [1.807, 2.05) is 19.1 Å². The monoisotopic (exact) mass is 435 g/mol. The Bertz CT molecular complexity index is 1110. The fourth-order valence-corrected chi connectivity index (χ4v) is 4.39. The van der Waals surface area contributed by atoms with Crippen LogP contribution in [0.15, 0.2) is 41.5 Å². The number of amides is 2. The molecule has 2 heterocycles. The van der Waals surface area contributed by atoms with E-state index in [1.165, 1.54) is 17.4 Å². The van der Waals surface area contributed by atoms with Crippen LogP contribution in [0.2, 0.25) is 0 Å². The molecule has 7 nitrogen and oxygen atoms in total. The summed E-state index contributed by atoms with van der Waals surface area (Å²) in [6, 6.07) is 8.74. The normalized spacial score (nSPS) is 17.2. The molecule has 0 spiro atoms. The lowest BCUT2D eigenvalue weighted by atomic mass is 9.96. The Balaban J connectivity index is 1.64. The van der Waals surface area contributed by atoms with E-state index in [0.717, 1.165) is 31.2 Å². The minimum Gasteiger partial charge on any atom is -0.385 e. The van der Waals surface area contributed by atoms with Crippen LogP contribution in [0.1, 0.15) is 75.2 Å². The fraction of sp³-hybridized carbons (Fsp3) is 0.440. The van der Waals surface area contributed by atoms with Crippen molar-refractivity contribution in [2.45, 2.75) is 51.5 Å². The summed E-state index contributed by atoms with van der Waals surface area (Å²) in [4.78, 5) is 44.9. The van der Waals surface area contributed by atoms with Crippen molar-refractivity contribution in [3.05, 3.63) is 64.3 Å². The SMILES string of the molecule is COCCCN1C(=O)c2ccc(C(=O)n3ccc(C)cc3=NC3CCCCC3)cc2C1=O. The number of nitrogens with zero attached hydrogens (tertiary/aromatic N) is 3. The molecule has 2 aromatic rings. The Morgan fingerprint density at radius 3 is 2.56 bits per heavy atom. The average molecular weight is 436 g/mol. The van der Waals surface area contributed by atoms with Gasteiger partial charge in [0.15, 0.2) is 0 Å². The van der Waals surface area contributed by atoms with Crippen molar-refractivity contribution < 1.29 is 19.1 Å². The number of benzene rings is 1. The molecule has 0 radical (unpaired) electrons. The smallest absolute Gasteiger partial charge is 0.263 e. The molecule has 1 aliphatic heterocycles. The van der Waals surface area contributed by atoms with E-state index in [4.69, 9.17) is 9.73 Å². The molecule has 0 bridgehead atoms. The quantitative estimate of drug-likeness (QED) is 0.515. The summed E-state index contributed by atoms with van der Waals surface area (Å²) < 4.78 is 6.56. The summed E-state index contributed by atoms with van der Waals surface area (Å²) in [5, 5.41) is 0. The van der Waals surface area contributed by atoms with E-state index in [1.54, 1.807) is 30.0 Å². The van der Waals surface area contributed by atoms with Gasteiger partial charge in [-0.1, -0.05) is 19.3 Å². The third-order valence-electron chi connectivity index (χ3n) is 6.15. The minimum absolute atomic E-state index is 0.226. The van der Waals surface area contributed by atoms with Crippen LogP contribution in [0.25, 0.3) is 0 Å². The topological polar surface area (TPSA) is 81.0 Å². The highest BCUT2D eigenvalue weighted by atomic mass is 16.5. The highest BCUT2D eigenvalue weighted by Crippen LogP contribution is 2.25. The number of imide groups is 1. The highest BCUT2D eigenvalue weighted by molar-refractivity contribution is 6.22. The Morgan fingerprint density at radius 1 is 1.06 bits per heavy atom. The van der Waals surface area contributed by atoms with E-state index in [2.05, 4.69) is 0 Å². The van der Waals surface area contributed by atoms with E-state index in [9.17, 15) is 14.4 Å². The maximum atomic E-state index is 13.4. The van der Waals surface area contributed by atoms with Crippen molar-refractivity contribution in [1.29, 1.82) is 0 Å². The first-order valence-electron chi connectivity index (χ1n) is 11.3. The summed E-state index contributed by atoms with van der Waals surface area (Å²) in [5.41, 5.74) is 2.63. The number of fused-ring (bicyclic) bond motifs is 1. The number of aromatic nitrogens is 1. The van der Waals surface area contributed by atoms with Gasteiger partial charge in [0.1, 0.15) is 5.49 Å². The molecule has 1 fully saturated rings. The Kier molecular flexibility index (Phi) is 6.65. The molecule has 32 heavy (non-hydrogen) atoms. The molecule has 1 aromatic heterocycles. The second-order valence-electron chi connectivity index (χ2n) is 8.53. The van der Waals surface area contributed by atoms with Crippen molar-refractivity contribution in [3.8, 4) is 0 Å². The van der Waals surface area contributed by atoms with Crippen LogP contribution in [-0.4, -0.2) is 53.5 Å². The molecular formula is C25H29N3O4. The molecular weight excluding hydrogens is 406 g/mol. The minimum atomic E-state index is -0.364. The van der Waals surface area contributed by atoms with Gasteiger partial charge >= 0.3 is 0 Å². The first-order chi connectivity index (χ1) is 15.5. The second kappa shape index (κ2) is 9.61. The Hall–Kier alpha value is -3.06. The van der Waals surface area contributed by atoms with Crippen molar-refractivity contribution in [2.24, 2.45) is 4.99 Å². The molecule has 4 rings (SSSR count). The zero-order valence-electron chi connectivity index (χ0n) is 18.7. The number of carbonyl (C=O) groups is 3. The van der Waals surface area contributed by atoms with Gasteiger partial charge in [-0.2, -0.15) is 0 Å². The standard InChI is InChI=1S/C25H29N3O4/c1-17-11-13-27(22(15-17)26-19-7-4-3-5-8-19)23(29)18-9-10-20-21(16-18)25(31)28(24(20)30)12-6-14-32-2/h9-11,13,15-16,19H,3-8,12,14H2,1-2H3. The van der Waals surface area contributed by atoms with Crippen LogP contribution in [0, 0.1) is 6.92 Å². The molecule has 0 N–H and O–H groups in total. The molecule has 2 aliphatic rings. The first-order valence-corrected chi connectivity index (χ1v) is 11.3. The molecule has 7 heteroatoms. The summed E-state index contributed by atoms with van der Waals surface area (Å²) in [5.74, 6) is -0.951. The number of pyridine rings is 1. The van der Waals surface area contributed by atoms with Crippen molar-refractivity contribution >= 4 is 17.7 Å². The van der Waals surface area contributed by atoms with Crippen molar-refractivity contribution in [3.63, 3.8) is 0 Å². The molecule has 1 aromatic carbocycles. The lowest BCUT2D eigenvalue weighted by molar-refractivity contribution is 0.0638. The van der Waals surface area contributed by atoms with Crippen LogP contribution in [-0.2, 0) is 4.74 Å². The van der Waals surface area contributed by atoms with Gasteiger partial charge in [-0.05, 0) is 62.1 Å². The lowest BCUT2D eigenvalue weighted by Crippen LogP contribution is -2.31. The number of ether oxygens (including phenoxy) is 1.